The summed E-state index contributed by atoms with van der Waals surface area (Å²) in [4.78, 5) is 20.9. The summed E-state index contributed by atoms with van der Waals surface area (Å²) in [6, 6.07) is 8.59. The number of anilines is 2. The molecule has 3 aromatic rings. The third kappa shape index (κ3) is 5.28. The number of thiazole rings is 1. The summed E-state index contributed by atoms with van der Waals surface area (Å²) in [7, 11) is -1.84. The minimum absolute atomic E-state index is 0.0214. The van der Waals surface area contributed by atoms with Crippen molar-refractivity contribution in [2.45, 2.75) is 13.3 Å². The van der Waals surface area contributed by atoms with Gasteiger partial charge in [-0.25, -0.2) is 18.4 Å². The lowest BCUT2D eigenvalue weighted by molar-refractivity contribution is -0.115. The minimum Gasteiger partial charge on any atom is -0.302 e. The van der Waals surface area contributed by atoms with E-state index in [0.717, 1.165) is 11.8 Å². The molecule has 0 aliphatic carbocycles. The first-order chi connectivity index (χ1) is 14.0. The molecule has 1 aromatic carbocycles. The van der Waals surface area contributed by atoms with E-state index in [0.29, 0.717) is 32.8 Å². The highest BCUT2D eigenvalue weighted by Crippen LogP contribution is 2.28. The van der Waals surface area contributed by atoms with Gasteiger partial charge in [0.25, 0.3) is 0 Å². The molecule has 2 aromatic heterocycles. The van der Waals surface area contributed by atoms with Gasteiger partial charge in [0.1, 0.15) is 5.15 Å². The lowest BCUT2D eigenvalue weighted by atomic mass is 10.1. The van der Waals surface area contributed by atoms with E-state index in [-0.39, 0.29) is 17.5 Å². The van der Waals surface area contributed by atoms with Crippen LogP contribution in [-0.2, 0) is 21.2 Å². The highest BCUT2D eigenvalue weighted by Gasteiger charge is 2.15. The fourth-order valence-corrected chi connectivity index (χ4v) is 4.51. The van der Waals surface area contributed by atoms with Gasteiger partial charge in [0, 0.05) is 34.3 Å². The average Bonchev–Trinajstić information content (AvgIpc) is 3.12. The number of amides is 1. The first-order valence-electron chi connectivity index (χ1n) is 8.66. The van der Waals surface area contributed by atoms with E-state index in [1.54, 1.807) is 42.6 Å². The van der Waals surface area contributed by atoms with Crippen LogP contribution in [0.5, 0.6) is 0 Å². The molecule has 0 unspecified atom stereocenters. The topological polar surface area (TPSA) is 92.3 Å². The summed E-state index contributed by atoms with van der Waals surface area (Å²) in [5.74, 6) is -0.310. The maximum absolute atomic E-state index is 12.4. The van der Waals surface area contributed by atoms with E-state index in [4.69, 9.17) is 23.2 Å². The second kappa shape index (κ2) is 8.89. The molecule has 0 aliphatic heterocycles. The number of pyridine rings is 1. The normalized spacial score (nSPS) is 11.4. The maximum Gasteiger partial charge on any atom is 0.231 e. The predicted octanol–water partition coefficient (Wildman–Crippen LogP) is 4.40. The summed E-state index contributed by atoms with van der Waals surface area (Å²) in [5, 5.41) is 5.56. The molecule has 0 fully saturated rings. The fraction of sp³-hybridized carbons (Fsp3) is 0.211. The number of carbonyl (C=O) groups excluding carboxylic acids is 1. The number of aromatic nitrogens is 2. The Morgan fingerprint density at radius 3 is 2.47 bits per heavy atom. The second-order valence-corrected chi connectivity index (χ2v) is 10.2. The molecule has 0 atom stereocenters. The monoisotopic (exact) mass is 484 g/mol. The van der Waals surface area contributed by atoms with Crippen molar-refractivity contribution >= 4 is 61.3 Å². The molecule has 0 spiro atoms. The van der Waals surface area contributed by atoms with Crippen molar-refractivity contribution in [1.82, 2.24) is 9.97 Å². The van der Waals surface area contributed by atoms with Gasteiger partial charge in [-0.3, -0.25) is 9.10 Å². The third-order valence-electron chi connectivity index (χ3n) is 4.26. The van der Waals surface area contributed by atoms with Gasteiger partial charge in [0.15, 0.2) is 5.13 Å². The van der Waals surface area contributed by atoms with Gasteiger partial charge in [-0.15, -0.1) is 11.3 Å². The van der Waals surface area contributed by atoms with Gasteiger partial charge < -0.3 is 5.32 Å². The van der Waals surface area contributed by atoms with Gasteiger partial charge >= 0.3 is 0 Å². The number of carbonyl (C=O) groups is 1. The summed E-state index contributed by atoms with van der Waals surface area (Å²) in [6.45, 7) is 1.77. The SMILES string of the molecule is Cc1cc(Cl)c(CC(=O)Nc2nc(-c3ccc(N(C)S(C)(=O)=O)cc3)cs2)c(Cl)n1. The quantitative estimate of drug-likeness (QED) is 0.523. The van der Waals surface area contributed by atoms with E-state index in [9.17, 15) is 13.2 Å². The van der Waals surface area contributed by atoms with Crippen molar-refractivity contribution in [3.63, 3.8) is 0 Å². The van der Waals surface area contributed by atoms with Gasteiger partial charge in [-0.1, -0.05) is 35.3 Å². The van der Waals surface area contributed by atoms with Gasteiger partial charge in [0.2, 0.25) is 15.9 Å². The predicted molar refractivity (Wildman–Crippen MR) is 122 cm³/mol. The Morgan fingerprint density at radius 2 is 1.87 bits per heavy atom. The molecule has 7 nitrogen and oxygen atoms in total. The zero-order valence-electron chi connectivity index (χ0n) is 16.3. The van der Waals surface area contributed by atoms with Crippen LogP contribution in [0, 0.1) is 6.92 Å². The molecule has 158 valence electrons. The van der Waals surface area contributed by atoms with Crippen LogP contribution in [-0.4, -0.2) is 37.6 Å². The van der Waals surface area contributed by atoms with Crippen molar-refractivity contribution < 1.29 is 13.2 Å². The largest absolute Gasteiger partial charge is 0.302 e. The summed E-state index contributed by atoms with van der Waals surface area (Å²) < 4.78 is 24.5. The molecule has 0 saturated carbocycles. The van der Waals surface area contributed by atoms with Crippen LogP contribution in [0.15, 0.2) is 35.7 Å². The maximum atomic E-state index is 12.4. The van der Waals surface area contributed by atoms with Crippen LogP contribution in [0.25, 0.3) is 11.3 Å². The molecule has 2 heterocycles. The first-order valence-corrected chi connectivity index (χ1v) is 12.1. The van der Waals surface area contributed by atoms with Crippen LogP contribution in [0.3, 0.4) is 0 Å². The van der Waals surface area contributed by atoms with E-state index in [1.165, 1.54) is 22.7 Å². The number of nitrogens with one attached hydrogen (secondary N) is 1. The number of sulfonamides is 1. The van der Waals surface area contributed by atoms with E-state index >= 15 is 0 Å². The number of aryl methyl sites for hydroxylation is 1. The van der Waals surface area contributed by atoms with E-state index in [2.05, 4.69) is 15.3 Å². The van der Waals surface area contributed by atoms with Crippen LogP contribution in [0.4, 0.5) is 10.8 Å². The third-order valence-corrected chi connectivity index (χ3v) is 6.87. The van der Waals surface area contributed by atoms with Gasteiger partial charge in [-0.05, 0) is 25.1 Å². The minimum atomic E-state index is -3.33. The average molecular weight is 485 g/mol. The molecular formula is C19H18Cl2N4O3S2. The number of rotatable bonds is 6. The lowest BCUT2D eigenvalue weighted by Crippen LogP contribution is -2.24. The highest BCUT2D eigenvalue weighted by atomic mass is 35.5. The van der Waals surface area contributed by atoms with Crippen molar-refractivity contribution in [2.24, 2.45) is 0 Å². The first kappa shape index (κ1) is 22.5. The van der Waals surface area contributed by atoms with Crippen molar-refractivity contribution in [3.8, 4) is 11.3 Å². The zero-order valence-corrected chi connectivity index (χ0v) is 19.5. The highest BCUT2D eigenvalue weighted by molar-refractivity contribution is 7.92. The number of halogens is 2. The van der Waals surface area contributed by atoms with Crippen molar-refractivity contribution in [3.05, 3.63) is 57.1 Å². The molecule has 3 rings (SSSR count). The Kier molecular flexibility index (Phi) is 6.66. The van der Waals surface area contributed by atoms with Crippen molar-refractivity contribution in [1.29, 1.82) is 0 Å². The van der Waals surface area contributed by atoms with Crippen molar-refractivity contribution in [2.75, 3.05) is 22.9 Å². The Hall–Kier alpha value is -2.20. The summed E-state index contributed by atoms with van der Waals surface area (Å²) in [5.41, 5.74) is 3.14. The molecule has 1 N–H and O–H groups in total. The van der Waals surface area contributed by atoms with Crippen LogP contribution in [0.2, 0.25) is 10.2 Å². The van der Waals surface area contributed by atoms with E-state index in [1.807, 2.05) is 0 Å². The summed E-state index contributed by atoms with van der Waals surface area (Å²) >= 11 is 13.5. The second-order valence-electron chi connectivity index (χ2n) is 6.56. The number of nitrogens with zero attached hydrogens (tertiary/aromatic N) is 3. The molecule has 0 bridgehead atoms. The zero-order chi connectivity index (χ0) is 22.1. The molecule has 1 amide bonds. The Labute approximate surface area is 188 Å². The van der Waals surface area contributed by atoms with Gasteiger partial charge in [0.05, 0.1) is 24.1 Å². The number of hydrogen-bond acceptors (Lipinski definition) is 6. The Bertz CT molecular complexity index is 1170. The van der Waals surface area contributed by atoms with E-state index < -0.39 is 10.0 Å². The Balaban J connectivity index is 1.70. The smallest absolute Gasteiger partial charge is 0.231 e. The molecule has 0 radical (unpaired) electrons. The molecule has 0 aliphatic rings. The Morgan fingerprint density at radius 1 is 1.20 bits per heavy atom. The molecular weight excluding hydrogens is 467 g/mol. The lowest BCUT2D eigenvalue weighted by Gasteiger charge is -2.16. The van der Waals surface area contributed by atoms with Crippen LogP contribution < -0.4 is 9.62 Å². The summed E-state index contributed by atoms with van der Waals surface area (Å²) in [6.07, 6.45) is 1.12. The number of benzene rings is 1. The standard InChI is InChI=1S/C19H18Cl2N4O3S2/c1-11-8-15(20)14(18(21)22-11)9-17(26)24-19-23-16(10-29-19)12-4-6-13(7-5-12)25(2)30(3,27)28/h4-8,10H,9H2,1-3H3,(H,23,24,26). The molecule has 11 heteroatoms. The van der Waals surface area contributed by atoms with Crippen LogP contribution >= 0.6 is 34.5 Å². The van der Waals surface area contributed by atoms with Crippen LogP contribution in [0.1, 0.15) is 11.3 Å². The number of hydrogen-bond donors (Lipinski definition) is 1. The van der Waals surface area contributed by atoms with Gasteiger partial charge in [-0.2, -0.15) is 0 Å². The molecule has 0 saturated heterocycles. The molecule has 30 heavy (non-hydrogen) atoms. The fourth-order valence-electron chi connectivity index (χ4n) is 2.60.